The molecule has 0 fully saturated rings. The summed E-state index contributed by atoms with van der Waals surface area (Å²) in [5.41, 5.74) is 15.6. The molecule has 1 aliphatic heterocycles. The number of aliphatic imine (C=N–C) groups is 2. The van der Waals surface area contributed by atoms with Crippen LogP contribution in [0.1, 0.15) is 55.0 Å². The average molecular weight is 619 g/mol. The molecule has 48 heavy (non-hydrogen) atoms. The van der Waals surface area contributed by atoms with E-state index >= 15 is 0 Å². The first-order valence-electron chi connectivity index (χ1n) is 16.9. The molecular formula is C46H38N2. The second-order valence-electron chi connectivity index (χ2n) is 13.4. The Morgan fingerprint density at radius 2 is 1.06 bits per heavy atom. The van der Waals surface area contributed by atoms with E-state index in [0.717, 1.165) is 40.4 Å². The molecule has 6 aromatic carbocycles. The predicted molar refractivity (Wildman–Crippen MR) is 203 cm³/mol. The molecule has 0 aromatic heterocycles. The van der Waals surface area contributed by atoms with E-state index in [1.807, 2.05) is 6.07 Å². The molecule has 0 radical (unpaired) electrons. The normalized spacial score (nSPS) is 17.6. The molecule has 2 heteroatoms. The van der Waals surface area contributed by atoms with Crippen molar-refractivity contribution in [3.8, 4) is 33.4 Å². The van der Waals surface area contributed by atoms with Gasteiger partial charge >= 0.3 is 0 Å². The van der Waals surface area contributed by atoms with E-state index < -0.39 is 0 Å². The van der Waals surface area contributed by atoms with Gasteiger partial charge in [0.15, 0.2) is 5.84 Å². The number of nitrogens with zero attached hydrogens (tertiary/aromatic N) is 2. The summed E-state index contributed by atoms with van der Waals surface area (Å²) >= 11 is 0. The van der Waals surface area contributed by atoms with Gasteiger partial charge < -0.3 is 0 Å². The van der Waals surface area contributed by atoms with Gasteiger partial charge in [0.1, 0.15) is 0 Å². The van der Waals surface area contributed by atoms with Crippen molar-refractivity contribution in [2.24, 2.45) is 15.9 Å². The SMILES string of the molecule is CC1C/C=C(\c2ccc(-c3ccccc3)cc2)N=C(c2ccccc2)N=C1c1cccc(-c2cccc3c2-c2ccccc2C3(C)C)c1. The first kappa shape index (κ1) is 29.8. The van der Waals surface area contributed by atoms with Crippen LogP contribution in [0, 0.1) is 5.92 Å². The molecule has 6 aromatic rings. The van der Waals surface area contributed by atoms with Gasteiger partial charge in [-0.1, -0.05) is 172 Å². The lowest BCUT2D eigenvalue weighted by Crippen LogP contribution is -2.17. The van der Waals surface area contributed by atoms with Gasteiger partial charge in [-0.2, -0.15) is 0 Å². The number of amidine groups is 1. The number of allylic oxidation sites excluding steroid dienone is 1. The molecule has 8 rings (SSSR count). The van der Waals surface area contributed by atoms with Gasteiger partial charge in [0.2, 0.25) is 0 Å². The fourth-order valence-corrected chi connectivity index (χ4v) is 7.36. The molecule has 0 bridgehead atoms. The summed E-state index contributed by atoms with van der Waals surface area (Å²) in [4.78, 5) is 10.6. The smallest absolute Gasteiger partial charge is 0.160 e. The van der Waals surface area contributed by atoms with Crippen molar-refractivity contribution >= 4 is 17.2 Å². The van der Waals surface area contributed by atoms with E-state index in [1.165, 1.54) is 44.5 Å². The summed E-state index contributed by atoms with van der Waals surface area (Å²) in [5, 5.41) is 0. The summed E-state index contributed by atoms with van der Waals surface area (Å²) in [6, 6.07) is 54.2. The quantitative estimate of drug-likeness (QED) is 0.184. The minimum Gasteiger partial charge on any atom is -0.232 e. The van der Waals surface area contributed by atoms with Crippen LogP contribution in [0.2, 0.25) is 0 Å². The summed E-state index contributed by atoms with van der Waals surface area (Å²) in [7, 11) is 0. The van der Waals surface area contributed by atoms with Crippen LogP contribution >= 0.6 is 0 Å². The van der Waals surface area contributed by atoms with Crippen LogP contribution in [0.4, 0.5) is 0 Å². The first-order valence-corrected chi connectivity index (χ1v) is 16.9. The lowest BCUT2D eigenvalue weighted by molar-refractivity contribution is 0.660. The maximum absolute atomic E-state index is 5.39. The minimum atomic E-state index is -0.0371. The van der Waals surface area contributed by atoms with Crippen molar-refractivity contribution in [3.63, 3.8) is 0 Å². The highest BCUT2D eigenvalue weighted by Gasteiger charge is 2.36. The third kappa shape index (κ3) is 5.34. The van der Waals surface area contributed by atoms with E-state index in [0.29, 0.717) is 0 Å². The summed E-state index contributed by atoms with van der Waals surface area (Å²) in [6.07, 6.45) is 3.12. The Bertz CT molecular complexity index is 2220. The Morgan fingerprint density at radius 3 is 1.83 bits per heavy atom. The fourth-order valence-electron chi connectivity index (χ4n) is 7.36. The Balaban J connectivity index is 1.21. The Hall–Kier alpha value is -5.60. The molecule has 232 valence electrons. The molecule has 0 amide bonds. The van der Waals surface area contributed by atoms with Crippen LogP contribution in [0.5, 0.6) is 0 Å². The Morgan fingerprint density at radius 1 is 0.500 bits per heavy atom. The predicted octanol–water partition coefficient (Wildman–Crippen LogP) is 11.6. The molecule has 1 unspecified atom stereocenters. The van der Waals surface area contributed by atoms with Gasteiger partial charge in [-0.25, -0.2) is 9.98 Å². The number of rotatable bonds is 5. The van der Waals surface area contributed by atoms with Gasteiger partial charge in [0.05, 0.1) is 11.4 Å². The van der Waals surface area contributed by atoms with E-state index in [9.17, 15) is 0 Å². The number of hydrogen-bond donors (Lipinski definition) is 0. The van der Waals surface area contributed by atoms with Crippen LogP contribution in [0.25, 0.3) is 39.1 Å². The summed E-state index contributed by atoms with van der Waals surface area (Å²) in [6.45, 7) is 6.96. The van der Waals surface area contributed by atoms with Crippen molar-refractivity contribution in [2.75, 3.05) is 0 Å². The molecule has 0 saturated heterocycles. The van der Waals surface area contributed by atoms with Crippen molar-refractivity contribution < 1.29 is 0 Å². The zero-order valence-corrected chi connectivity index (χ0v) is 27.7. The van der Waals surface area contributed by atoms with Crippen molar-refractivity contribution in [2.45, 2.75) is 32.6 Å². The van der Waals surface area contributed by atoms with Crippen LogP contribution in [0.15, 0.2) is 168 Å². The van der Waals surface area contributed by atoms with E-state index in [1.54, 1.807) is 0 Å². The van der Waals surface area contributed by atoms with Gasteiger partial charge in [0, 0.05) is 16.9 Å². The van der Waals surface area contributed by atoms with Crippen molar-refractivity contribution in [3.05, 3.63) is 186 Å². The topological polar surface area (TPSA) is 24.7 Å². The van der Waals surface area contributed by atoms with Crippen molar-refractivity contribution in [1.29, 1.82) is 0 Å². The molecule has 1 heterocycles. The van der Waals surface area contributed by atoms with Crippen LogP contribution in [-0.2, 0) is 5.41 Å². The Kier molecular flexibility index (Phi) is 7.57. The van der Waals surface area contributed by atoms with Gasteiger partial charge in [-0.3, -0.25) is 0 Å². The molecule has 1 atom stereocenters. The van der Waals surface area contributed by atoms with Crippen molar-refractivity contribution in [1.82, 2.24) is 0 Å². The standard InChI is InChI=1S/C46H38N2/c1-31-24-29-42(34-27-25-33(26-28-34)32-14-6-4-7-15-32)47-45(35-16-8-5-9-17-35)48-44(31)37-19-12-18-36(30-37)38-21-13-23-41-43(38)39-20-10-11-22-40(39)46(41,2)3/h4-23,25-31H,24H2,1-3H3/b42-29+,47-45?,48-44?. The number of hydrogen-bond acceptors (Lipinski definition) is 2. The zero-order valence-electron chi connectivity index (χ0n) is 27.7. The number of fused-ring (bicyclic) bond motifs is 3. The van der Waals surface area contributed by atoms with Crippen LogP contribution in [-0.4, -0.2) is 11.5 Å². The van der Waals surface area contributed by atoms with Crippen LogP contribution in [0.3, 0.4) is 0 Å². The minimum absolute atomic E-state index is 0.0371. The first-order chi connectivity index (χ1) is 23.5. The summed E-state index contributed by atoms with van der Waals surface area (Å²) < 4.78 is 0. The van der Waals surface area contributed by atoms with Crippen LogP contribution < -0.4 is 0 Å². The maximum Gasteiger partial charge on any atom is 0.160 e. The molecule has 0 saturated carbocycles. The van der Waals surface area contributed by atoms with E-state index in [4.69, 9.17) is 9.98 Å². The van der Waals surface area contributed by atoms with Gasteiger partial charge in [-0.15, -0.1) is 0 Å². The van der Waals surface area contributed by atoms with E-state index in [-0.39, 0.29) is 11.3 Å². The molecule has 0 spiro atoms. The third-order valence-corrected chi connectivity index (χ3v) is 9.98. The van der Waals surface area contributed by atoms with Gasteiger partial charge in [-0.05, 0) is 68.1 Å². The summed E-state index contributed by atoms with van der Waals surface area (Å²) in [5.74, 6) is 0.923. The molecular weight excluding hydrogens is 581 g/mol. The average Bonchev–Trinajstić information content (AvgIpc) is 3.37. The highest BCUT2D eigenvalue weighted by atomic mass is 14.9. The highest BCUT2D eigenvalue weighted by Crippen LogP contribution is 2.52. The molecule has 0 N–H and O–H groups in total. The fraction of sp³-hybridized carbons (Fsp3) is 0.130. The van der Waals surface area contributed by atoms with Gasteiger partial charge in [0.25, 0.3) is 0 Å². The second-order valence-corrected chi connectivity index (χ2v) is 13.4. The highest BCUT2D eigenvalue weighted by molar-refractivity contribution is 6.15. The number of benzene rings is 6. The maximum atomic E-state index is 5.39. The largest absolute Gasteiger partial charge is 0.232 e. The monoisotopic (exact) mass is 618 g/mol. The lowest BCUT2D eigenvalue weighted by atomic mass is 9.82. The zero-order chi connectivity index (χ0) is 32.7. The Labute approximate surface area is 283 Å². The molecule has 1 aliphatic carbocycles. The van der Waals surface area contributed by atoms with E-state index in [2.05, 4.69) is 172 Å². The lowest BCUT2D eigenvalue weighted by Gasteiger charge is -2.22. The molecule has 2 nitrogen and oxygen atoms in total. The molecule has 2 aliphatic rings. The second kappa shape index (κ2) is 12.2. The third-order valence-electron chi connectivity index (χ3n) is 9.98.